The lowest BCUT2D eigenvalue weighted by atomic mass is 9.67. The molecule has 32 heavy (non-hydrogen) atoms. The van der Waals surface area contributed by atoms with Crippen LogP contribution in [0.5, 0.6) is 0 Å². The van der Waals surface area contributed by atoms with Crippen LogP contribution in [0.2, 0.25) is 0 Å². The van der Waals surface area contributed by atoms with Gasteiger partial charge in [0.05, 0.1) is 23.0 Å². The van der Waals surface area contributed by atoms with E-state index in [1.165, 1.54) is 0 Å². The van der Waals surface area contributed by atoms with Gasteiger partial charge in [0.1, 0.15) is 0 Å². The van der Waals surface area contributed by atoms with Gasteiger partial charge in [0.2, 0.25) is 11.8 Å². The predicted molar refractivity (Wildman–Crippen MR) is 121 cm³/mol. The number of aliphatic hydroxyl groups is 2. The summed E-state index contributed by atoms with van der Waals surface area (Å²) in [5, 5.41) is 28.3. The molecule has 0 spiro atoms. The molecule has 5 saturated carbocycles. The Labute approximate surface area is 192 Å². The maximum absolute atomic E-state index is 13.7. The van der Waals surface area contributed by atoms with Gasteiger partial charge in [-0.15, -0.1) is 0 Å². The monoisotopic (exact) mass is 446 g/mol. The molecule has 5 aliphatic carbocycles. The largest absolute Gasteiger partial charge is 0.392 e. The molecule has 5 aliphatic rings. The summed E-state index contributed by atoms with van der Waals surface area (Å²) in [5.41, 5.74) is -1.85. The summed E-state index contributed by atoms with van der Waals surface area (Å²) in [6.07, 6.45) is 7.47. The molecule has 0 aromatic heterocycles. The van der Waals surface area contributed by atoms with Crippen molar-refractivity contribution in [2.45, 2.75) is 116 Å². The smallest absolute Gasteiger partial charge is 0.229 e. The second-order valence-corrected chi connectivity index (χ2v) is 12.8. The Kier molecular flexibility index (Phi) is 5.08. The predicted octanol–water partition coefficient (Wildman–Crippen LogP) is 2.90. The van der Waals surface area contributed by atoms with Crippen molar-refractivity contribution in [3.63, 3.8) is 0 Å². The Hall–Kier alpha value is -1.14. The minimum absolute atomic E-state index is 0.0264. The first-order valence-electron chi connectivity index (χ1n) is 13.0. The van der Waals surface area contributed by atoms with Crippen LogP contribution in [0.4, 0.5) is 0 Å². The van der Waals surface area contributed by atoms with E-state index in [9.17, 15) is 19.8 Å². The van der Waals surface area contributed by atoms with Gasteiger partial charge in [0, 0.05) is 12.1 Å². The van der Waals surface area contributed by atoms with E-state index in [1.54, 1.807) is 0 Å². The van der Waals surface area contributed by atoms with Crippen LogP contribution >= 0.6 is 0 Å². The standard InChI is InChI=1S/C26H42N2O4/c1-23(2)15-9-11-25(23,19(29)13-15)21(31)27-17-7-5-6-8-18(17)28-22(32)26-12-10-16(14-20(26)30)24(26,3)4/h15-20,29-30H,5-14H2,1-4H3,(H,27,31)(H,28,32)/t15?,16?,17-,18-,19-,20-,25?,26?/m1/s1. The molecule has 4 N–H and O–H groups in total. The highest BCUT2D eigenvalue weighted by molar-refractivity contribution is 5.87. The zero-order valence-electron chi connectivity index (χ0n) is 20.2. The van der Waals surface area contributed by atoms with Crippen molar-refractivity contribution in [2.24, 2.45) is 33.5 Å². The summed E-state index contributed by atoms with van der Waals surface area (Å²) >= 11 is 0. The first kappa shape index (κ1) is 22.6. The molecular formula is C26H42N2O4. The van der Waals surface area contributed by atoms with Gasteiger partial charge in [0.15, 0.2) is 0 Å². The number of fused-ring (bicyclic) bond motifs is 4. The Balaban J connectivity index is 1.33. The molecule has 0 aromatic rings. The highest BCUT2D eigenvalue weighted by Gasteiger charge is 2.69. The molecule has 0 saturated heterocycles. The third-order valence-electron chi connectivity index (χ3n) is 11.5. The first-order valence-corrected chi connectivity index (χ1v) is 13.0. The first-order chi connectivity index (χ1) is 15.0. The average Bonchev–Trinajstić information content (AvgIpc) is 3.29. The van der Waals surface area contributed by atoms with E-state index in [-0.39, 0.29) is 34.7 Å². The summed E-state index contributed by atoms with van der Waals surface area (Å²) in [5.74, 6) is 0.735. The molecule has 8 atom stereocenters. The van der Waals surface area contributed by atoms with Crippen LogP contribution in [0.1, 0.15) is 91.9 Å². The second-order valence-electron chi connectivity index (χ2n) is 12.8. The molecule has 4 bridgehead atoms. The normalized spacial score (nSPS) is 48.1. The van der Waals surface area contributed by atoms with E-state index >= 15 is 0 Å². The molecule has 0 aliphatic heterocycles. The Morgan fingerprint density at radius 2 is 1.06 bits per heavy atom. The fraction of sp³-hybridized carbons (Fsp3) is 0.923. The van der Waals surface area contributed by atoms with Gasteiger partial charge in [-0.05, 0) is 74.0 Å². The fourth-order valence-electron chi connectivity index (χ4n) is 9.04. The van der Waals surface area contributed by atoms with Gasteiger partial charge in [-0.1, -0.05) is 40.5 Å². The summed E-state index contributed by atoms with van der Waals surface area (Å²) in [6, 6.07) is -0.236. The van der Waals surface area contributed by atoms with E-state index < -0.39 is 23.0 Å². The van der Waals surface area contributed by atoms with Crippen molar-refractivity contribution in [3.8, 4) is 0 Å². The molecule has 0 aromatic carbocycles. The summed E-state index contributed by atoms with van der Waals surface area (Å²) < 4.78 is 0. The maximum atomic E-state index is 13.7. The highest BCUT2D eigenvalue weighted by Crippen LogP contribution is 2.67. The summed E-state index contributed by atoms with van der Waals surface area (Å²) in [6.45, 7) is 8.55. The Morgan fingerprint density at radius 1 is 0.688 bits per heavy atom. The molecule has 2 amide bonds. The molecule has 5 fully saturated rings. The quantitative estimate of drug-likeness (QED) is 0.534. The van der Waals surface area contributed by atoms with Crippen molar-refractivity contribution in [2.75, 3.05) is 0 Å². The third-order valence-corrected chi connectivity index (χ3v) is 11.5. The van der Waals surface area contributed by atoms with Crippen molar-refractivity contribution in [1.29, 1.82) is 0 Å². The van der Waals surface area contributed by atoms with Gasteiger partial charge in [-0.3, -0.25) is 9.59 Å². The molecule has 5 rings (SSSR count). The van der Waals surface area contributed by atoms with Crippen molar-refractivity contribution < 1.29 is 19.8 Å². The second kappa shape index (κ2) is 7.18. The zero-order valence-corrected chi connectivity index (χ0v) is 20.2. The molecule has 6 heteroatoms. The van der Waals surface area contributed by atoms with Crippen molar-refractivity contribution >= 4 is 11.8 Å². The van der Waals surface area contributed by atoms with Gasteiger partial charge < -0.3 is 20.8 Å². The summed E-state index contributed by atoms with van der Waals surface area (Å²) in [7, 11) is 0. The van der Waals surface area contributed by atoms with Crippen LogP contribution in [0, 0.1) is 33.5 Å². The molecule has 180 valence electrons. The van der Waals surface area contributed by atoms with Crippen molar-refractivity contribution in [3.05, 3.63) is 0 Å². The molecule has 0 heterocycles. The van der Waals surface area contributed by atoms with Crippen LogP contribution < -0.4 is 10.6 Å². The van der Waals surface area contributed by atoms with E-state index in [1.807, 2.05) is 0 Å². The van der Waals surface area contributed by atoms with Gasteiger partial charge in [0.25, 0.3) is 0 Å². The summed E-state index contributed by atoms with van der Waals surface area (Å²) in [4.78, 5) is 27.3. The number of carbonyl (C=O) groups is 2. The number of hydrogen-bond acceptors (Lipinski definition) is 4. The maximum Gasteiger partial charge on any atom is 0.229 e. The van der Waals surface area contributed by atoms with Crippen LogP contribution in [0.25, 0.3) is 0 Å². The molecular weight excluding hydrogens is 404 g/mol. The number of carbonyl (C=O) groups excluding carboxylic acids is 2. The van der Waals surface area contributed by atoms with E-state index in [2.05, 4.69) is 38.3 Å². The Morgan fingerprint density at radius 3 is 1.34 bits per heavy atom. The third kappa shape index (κ3) is 2.65. The lowest BCUT2D eigenvalue weighted by molar-refractivity contribution is -0.147. The lowest BCUT2D eigenvalue weighted by Gasteiger charge is -2.43. The number of amides is 2. The van der Waals surface area contributed by atoms with Gasteiger partial charge in [-0.25, -0.2) is 0 Å². The van der Waals surface area contributed by atoms with Gasteiger partial charge >= 0.3 is 0 Å². The SMILES string of the molecule is CC1(C)C2CCC1(C(=O)N[C@@H]1CCCC[C@H]1NC(=O)C13CCC(C[C@H]1O)C3(C)C)[C@H](O)C2. The lowest BCUT2D eigenvalue weighted by Crippen LogP contribution is -2.61. The highest BCUT2D eigenvalue weighted by atomic mass is 16.3. The van der Waals surface area contributed by atoms with Crippen molar-refractivity contribution in [1.82, 2.24) is 10.6 Å². The van der Waals surface area contributed by atoms with E-state index in [0.29, 0.717) is 24.7 Å². The molecule has 6 nitrogen and oxygen atoms in total. The van der Waals surface area contributed by atoms with Crippen LogP contribution in [-0.2, 0) is 9.59 Å². The van der Waals surface area contributed by atoms with Crippen LogP contribution in [0.3, 0.4) is 0 Å². The Bertz CT molecular complexity index is 744. The van der Waals surface area contributed by atoms with Crippen LogP contribution in [-0.4, -0.2) is 46.3 Å². The zero-order chi connectivity index (χ0) is 23.1. The fourth-order valence-corrected chi connectivity index (χ4v) is 9.04. The van der Waals surface area contributed by atoms with Crippen LogP contribution in [0.15, 0.2) is 0 Å². The number of aliphatic hydroxyl groups excluding tert-OH is 2. The molecule has 0 radical (unpaired) electrons. The van der Waals surface area contributed by atoms with Gasteiger partial charge in [-0.2, -0.15) is 0 Å². The average molecular weight is 447 g/mol. The number of rotatable bonds is 4. The number of hydrogen-bond donors (Lipinski definition) is 4. The topological polar surface area (TPSA) is 98.7 Å². The van der Waals surface area contributed by atoms with E-state index in [4.69, 9.17) is 0 Å². The van der Waals surface area contributed by atoms with E-state index in [0.717, 1.165) is 51.4 Å². The minimum atomic E-state index is -0.718. The minimum Gasteiger partial charge on any atom is -0.392 e. The molecule has 4 unspecified atom stereocenters. The number of nitrogens with one attached hydrogen (secondary N) is 2.